The Morgan fingerprint density at radius 1 is 1.33 bits per heavy atom. The summed E-state index contributed by atoms with van der Waals surface area (Å²) in [5.41, 5.74) is 6.33. The lowest BCUT2D eigenvalue weighted by Gasteiger charge is -2.32. The first kappa shape index (κ1) is 13.9. The summed E-state index contributed by atoms with van der Waals surface area (Å²) in [7, 11) is 0. The average Bonchev–Trinajstić information content (AvgIpc) is 2.24. The normalized spacial score (nSPS) is 28.1. The summed E-state index contributed by atoms with van der Waals surface area (Å²) in [4.78, 5) is 0. The van der Waals surface area contributed by atoms with Gasteiger partial charge >= 0.3 is 0 Å². The average molecular weight is 365 g/mol. The van der Waals surface area contributed by atoms with E-state index in [2.05, 4.69) is 0 Å². The van der Waals surface area contributed by atoms with Crippen molar-refractivity contribution in [2.75, 3.05) is 5.73 Å². The summed E-state index contributed by atoms with van der Waals surface area (Å²) in [5.74, 6) is 0.132. The fraction of sp³-hybridized carbons (Fsp3) is 0.538. The SMILES string of the molecule is CC1CC(Oc2cc(F)c(I)cc2N)CC(C)O1. The number of hydrogen-bond donors (Lipinski definition) is 1. The predicted octanol–water partition coefficient (Wildman–Crippen LogP) is 3.35. The number of benzene rings is 1. The van der Waals surface area contributed by atoms with Gasteiger partial charge in [0.2, 0.25) is 0 Å². The predicted molar refractivity (Wildman–Crippen MR) is 77.2 cm³/mol. The van der Waals surface area contributed by atoms with Gasteiger partial charge in [0, 0.05) is 18.9 Å². The third kappa shape index (κ3) is 3.26. The molecule has 1 aromatic carbocycles. The van der Waals surface area contributed by atoms with Crippen LogP contribution in [0.1, 0.15) is 26.7 Å². The summed E-state index contributed by atoms with van der Waals surface area (Å²) in [6, 6.07) is 2.96. The van der Waals surface area contributed by atoms with Crippen LogP contribution < -0.4 is 10.5 Å². The molecule has 1 fully saturated rings. The first-order chi connectivity index (χ1) is 8.45. The van der Waals surface area contributed by atoms with Gasteiger partial charge in [-0.1, -0.05) is 0 Å². The van der Waals surface area contributed by atoms with Crippen molar-refractivity contribution in [1.29, 1.82) is 0 Å². The number of halogens is 2. The van der Waals surface area contributed by atoms with Crippen LogP contribution in [0.3, 0.4) is 0 Å². The van der Waals surface area contributed by atoms with E-state index in [-0.39, 0.29) is 24.1 Å². The number of nitrogens with two attached hydrogens (primary N) is 1. The summed E-state index contributed by atoms with van der Waals surface area (Å²) in [5, 5.41) is 0. The monoisotopic (exact) mass is 365 g/mol. The van der Waals surface area contributed by atoms with Crippen LogP contribution in [0, 0.1) is 9.39 Å². The molecule has 1 aromatic rings. The van der Waals surface area contributed by atoms with E-state index in [1.165, 1.54) is 6.07 Å². The molecule has 2 unspecified atom stereocenters. The molecule has 0 saturated carbocycles. The Morgan fingerprint density at radius 3 is 2.56 bits per heavy atom. The highest BCUT2D eigenvalue weighted by atomic mass is 127. The van der Waals surface area contributed by atoms with Crippen LogP contribution >= 0.6 is 22.6 Å². The lowest BCUT2D eigenvalue weighted by molar-refractivity contribution is -0.0720. The van der Waals surface area contributed by atoms with Gasteiger partial charge in [0.15, 0.2) is 0 Å². The van der Waals surface area contributed by atoms with Crippen molar-refractivity contribution < 1.29 is 13.9 Å². The van der Waals surface area contributed by atoms with E-state index in [4.69, 9.17) is 15.2 Å². The van der Waals surface area contributed by atoms with Crippen LogP contribution in [-0.2, 0) is 4.74 Å². The van der Waals surface area contributed by atoms with E-state index >= 15 is 0 Å². The number of rotatable bonds is 2. The van der Waals surface area contributed by atoms with Gasteiger partial charge in [-0.05, 0) is 42.5 Å². The second kappa shape index (κ2) is 5.61. The molecule has 0 amide bonds. The summed E-state index contributed by atoms with van der Waals surface area (Å²) in [6.07, 6.45) is 1.96. The van der Waals surface area contributed by atoms with Gasteiger partial charge in [-0.3, -0.25) is 0 Å². The standard InChI is InChI=1S/C13H17FINO2/c1-7-3-9(4-8(2)17-7)18-13-5-10(14)11(15)6-12(13)16/h5-9H,3-4,16H2,1-2H3. The highest BCUT2D eigenvalue weighted by Gasteiger charge is 2.26. The maximum Gasteiger partial charge on any atom is 0.145 e. The molecule has 100 valence electrons. The van der Waals surface area contributed by atoms with Crippen molar-refractivity contribution in [3.63, 3.8) is 0 Å². The molecule has 1 aliphatic rings. The van der Waals surface area contributed by atoms with Gasteiger partial charge in [-0.25, -0.2) is 4.39 Å². The molecule has 2 rings (SSSR count). The third-order valence-electron chi connectivity index (χ3n) is 3.00. The quantitative estimate of drug-likeness (QED) is 0.646. The highest BCUT2D eigenvalue weighted by Crippen LogP contribution is 2.30. The zero-order valence-electron chi connectivity index (χ0n) is 10.5. The maximum atomic E-state index is 13.5. The van der Waals surface area contributed by atoms with Crippen LogP contribution in [-0.4, -0.2) is 18.3 Å². The minimum atomic E-state index is -0.298. The molecule has 0 aromatic heterocycles. The number of ether oxygens (including phenoxy) is 2. The van der Waals surface area contributed by atoms with Gasteiger partial charge in [0.25, 0.3) is 0 Å². The lowest BCUT2D eigenvalue weighted by atomic mass is 10.0. The molecule has 2 N–H and O–H groups in total. The molecule has 0 aliphatic carbocycles. The summed E-state index contributed by atoms with van der Waals surface area (Å²) < 4.78 is 25.5. The third-order valence-corrected chi connectivity index (χ3v) is 3.83. The van der Waals surface area contributed by atoms with E-state index in [1.807, 2.05) is 36.4 Å². The van der Waals surface area contributed by atoms with E-state index in [0.29, 0.717) is 15.0 Å². The first-order valence-electron chi connectivity index (χ1n) is 6.02. The van der Waals surface area contributed by atoms with Gasteiger partial charge < -0.3 is 15.2 Å². The molecular weight excluding hydrogens is 348 g/mol. The van der Waals surface area contributed by atoms with Crippen LogP contribution in [0.5, 0.6) is 5.75 Å². The van der Waals surface area contributed by atoms with Crippen molar-refractivity contribution in [2.45, 2.75) is 45.0 Å². The molecule has 18 heavy (non-hydrogen) atoms. The van der Waals surface area contributed by atoms with E-state index in [0.717, 1.165) is 12.8 Å². The molecule has 1 saturated heterocycles. The molecule has 5 heteroatoms. The van der Waals surface area contributed by atoms with E-state index < -0.39 is 0 Å². The van der Waals surface area contributed by atoms with Crippen LogP contribution in [0.15, 0.2) is 12.1 Å². The van der Waals surface area contributed by atoms with Gasteiger partial charge in [-0.2, -0.15) is 0 Å². The molecule has 1 aliphatic heterocycles. The van der Waals surface area contributed by atoms with E-state index in [9.17, 15) is 4.39 Å². The first-order valence-corrected chi connectivity index (χ1v) is 7.10. The number of nitrogen functional groups attached to an aromatic ring is 1. The van der Waals surface area contributed by atoms with Crippen LogP contribution in [0.2, 0.25) is 0 Å². The molecular formula is C13H17FINO2. The Bertz CT molecular complexity index is 431. The Balaban J connectivity index is 2.11. The number of hydrogen-bond acceptors (Lipinski definition) is 3. The minimum Gasteiger partial charge on any atom is -0.488 e. The Labute approximate surface area is 120 Å². The second-order valence-corrected chi connectivity index (χ2v) is 5.93. The fourth-order valence-corrected chi connectivity index (χ4v) is 2.76. The smallest absolute Gasteiger partial charge is 0.145 e. The van der Waals surface area contributed by atoms with Gasteiger partial charge in [0.05, 0.1) is 21.5 Å². The van der Waals surface area contributed by atoms with Crippen molar-refractivity contribution in [1.82, 2.24) is 0 Å². The summed E-state index contributed by atoms with van der Waals surface area (Å²) in [6.45, 7) is 4.04. The Morgan fingerprint density at radius 2 is 1.94 bits per heavy atom. The van der Waals surface area contributed by atoms with Crippen molar-refractivity contribution in [3.8, 4) is 5.75 Å². The number of anilines is 1. The van der Waals surface area contributed by atoms with Gasteiger partial charge in [0.1, 0.15) is 17.7 Å². The highest BCUT2D eigenvalue weighted by molar-refractivity contribution is 14.1. The molecule has 3 nitrogen and oxygen atoms in total. The molecule has 0 radical (unpaired) electrons. The summed E-state index contributed by atoms with van der Waals surface area (Å²) >= 11 is 1.91. The van der Waals surface area contributed by atoms with Crippen LogP contribution in [0.4, 0.5) is 10.1 Å². The van der Waals surface area contributed by atoms with Crippen molar-refractivity contribution >= 4 is 28.3 Å². The van der Waals surface area contributed by atoms with Crippen LogP contribution in [0.25, 0.3) is 0 Å². The maximum absolute atomic E-state index is 13.5. The largest absolute Gasteiger partial charge is 0.488 e. The molecule has 1 heterocycles. The molecule has 0 spiro atoms. The van der Waals surface area contributed by atoms with Gasteiger partial charge in [-0.15, -0.1) is 0 Å². The molecule has 0 bridgehead atoms. The van der Waals surface area contributed by atoms with E-state index in [1.54, 1.807) is 6.07 Å². The van der Waals surface area contributed by atoms with Crippen molar-refractivity contribution in [2.24, 2.45) is 0 Å². The zero-order valence-corrected chi connectivity index (χ0v) is 12.6. The Kier molecular flexibility index (Phi) is 4.32. The molecule has 2 atom stereocenters. The topological polar surface area (TPSA) is 44.5 Å². The second-order valence-electron chi connectivity index (χ2n) is 4.77. The minimum absolute atomic E-state index is 0.0329. The lowest BCUT2D eigenvalue weighted by Crippen LogP contribution is -2.35. The Hall–Kier alpha value is -0.560. The zero-order chi connectivity index (χ0) is 13.3. The van der Waals surface area contributed by atoms with Crippen molar-refractivity contribution in [3.05, 3.63) is 21.5 Å². The fourth-order valence-electron chi connectivity index (χ4n) is 2.27.